The Labute approximate surface area is 162 Å². The van der Waals surface area contributed by atoms with E-state index in [0.717, 1.165) is 12.8 Å². The molecule has 1 aromatic heterocycles. The van der Waals surface area contributed by atoms with Gasteiger partial charge in [0, 0.05) is 43.6 Å². The molecule has 5 rings (SSSR count). The maximum absolute atomic E-state index is 13.6. The molecule has 3 saturated heterocycles. The topological polar surface area (TPSA) is 73.7 Å². The molecule has 146 valence electrons. The van der Waals surface area contributed by atoms with Crippen LogP contribution in [0.5, 0.6) is 5.75 Å². The number of fused-ring (bicyclic) bond motifs is 4. The summed E-state index contributed by atoms with van der Waals surface area (Å²) in [5, 5.41) is 9.31. The third kappa shape index (κ3) is 3.69. The lowest BCUT2D eigenvalue weighted by Crippen LogP contribution is -2.48. The fraction of sp³-hybridized carbons (Fsp3) is 0.381. The van der Waals surface area contributed by atoms with Crippen molar-refractivity contribution in [2.24, 2.45) is 5.92 Å². The lowest BCUT2D eigenvalue weighted by atomic mass is 9.94. The molecule has 3 fully saturated rings. The normalized spacial score (nSPS) is 21.5. The summed E-state index contributed by atoms with van der Waals surface area (Å²) in [7, 11) is 0. The number of hydrogen-bond donors (Lipinski definition) is 1. The predicted octanol–water partition coefficient (Wildman–Crippen LogP) is 2.23. The molecule has 7 heteroatoms. The molecule has 0 radical (unpaired) electrons. The Morgan fingerprint density at radius 2 is 1.89 bits per heavy atom. The highest BCUT2D eigenvalue weighted by Crippen LogP contribution is 2.29. The quantitative estimate of drug-likeness (QED) is 0.882. The molecule has 1 N–H and O–H groups in total. The van der Waals surface area contributed by atoms with Crippen molar-refractivity contribution in [2.45, 2.75) is 25.3 Å². The van der Waals surface area contributed by atoms with Crippen LogP contribution in [0.25, 0.3) is 0 Å². The van der Waals surface area contributed by atoms with Crippen molar-refractivity contribution in [3.8, 4) is 5.75 Å². The number of pyridine rings is 1. The minimum absolute atomic E-state index is 0.0287. The molecule has 2 atom stereocenters. The van der Waals surface area contributed by atoms with Gasteiger partial charge >= 0.3 is 0 Å². The number of rotatable bonds is 3. The van der Waals surface area contributed by atoms with E-state index in [9.17, 15) is 19.1 Å². The Morgan fingerprint density at radius 3 is 2.64 bits per heavy atom. The first-order chi connectivity index (χ1) is 13.5. The summed E-state index contributed by atoms with van der Waals surface area (Å²) in [6, 6.07) is 7.41. The first-order valence-corrected chi connectivity index (χ1v) is 9.47. The van der Waals surface area contributed by atoms with E-state index in [0.29, 0.717) is 30.8 Å². The van der Waals surface area contributed by atoms with Crippen LogP contribution in [0, 0.1) is 11.7 Å². The molecule has 0 saturated carbocycles. The molecule has 4 heterocycles. The summed E-state index contributed by atoms with van der Waals surface area (Å²) in [5.41, 5.74) is 1.14. The summed E-state index contributed by atoms with van der Waals surface area (Å²) in [4.78, 5) is 33.4. The highest BCUT2D eigenvalue weighted by Gasteiger charge is 2.38. The molecule has 3 aliphatic heterocycles. The Kier molecular flexibility index (Phi) is 4.98. The third-order valence-corrected chi connectivity index (χ3v) is 5.62. The van der Waals surface area contributed by atoms with E-state index in [2.05, 4.69) is 4.98 Å². The van der Waals surface area contributed by atoms with Crippen molar-refractivity contribution in [1.82, 2.24) is 14.8 Å². The number of benzene rings is 1. The Bertz CT molecular complexity index is 890. The van der Waals surface area contributed by atoms with Gasteiger partial charge in [-0.1, -0.05) is 6.07 Å². The van der Waals surface area contributed by atoms with Gasteiger partial charge in [0.2, 0.25) is 5.91 Å². The number of hydrogen-bond acceptors (Lipinski definition) is 4. The van der Waals surface area contributed by atoms with E-state index in [1.807, 2.05) is 9.80 Å². The van der Waals surface area contributed by atoms with E-state index < -0.39 is 11.6 Å². The monoisotopic (exact) mass is 383 g/mol. The number of nitrogens with zero attached hydrogens (tertiary/aromatic N) is 3. The summed E-state index contributed by atoms with van der Waals surface area (Å²) in [6.07, 6.45) is 5.14. The standard InChI is InChI=1S/C21H22FN3O3/c22-18-9-14(2-4-19(18)26)10-20(27)25-12-15-1-3-17(25)13-24(11-15)21(28)16-5-7-23-8-6-16/h2,4-9,15,17,26H,1,3,10-13H2/t15-,17+/m0/s1. The fourth-order valence-corrected chi connectivity index (χ4v) is 4.17. The number of carbonyl (C=O) groups excluding carboxylic acids is 2. The number of phenols is 1. The first kappa shape index (κ1) is 18.4. The maximum Gasteiger partial charge on any atom is 0.254 e. The van der Waals surface area contributed by atoms with Gasteiger partial charge in [0.15, 0.2) is 11.6 Å². The molecule has 1 aromatic carbocycles. The Balaban J connectivity index is 1.48. The zero-order valence-corrected chi connectivity index (χ0v) is 15.4. The van der Waals surface area contributed by atoms with Crippen molar-refractivity contribution < 1.29 is 19.1 Å². The number of halogens is 1. The van der Waals surface area contributed by atoms with Crippen molar-refractivity contribution >= 4 is 11.8 Å². The van der Waals surface area contributed by atoms with Gasteiger partial charge in [-0.3, -0.25) is 14.6 Å². The maximum atomic E-state index is 13.6. The van der Waals surface area contributed by atoms with Gasteiger partial charge in [-0.2, -0.15) is 0 Å². The molecule has 2 bridgehead atoms. The molecular weight excluding hydrogens is 361 g/mol. The molecule has 0 spiro atoms. The number of piperidine rings is 1. The number of aromatic nitrogens is 1. The van der Waals surface area contributed by atoms with Gasteiger partial charge in [-0.15, -0.1) is 0 Å². The van der Waals surface area contributed by atoms with E-state index in [4.69, 9.17) is 0 Å². The smallest absolute Gasteiger partial charge is 0.254 e. The van der Waals surface area contributed by atoms with Crippen LogP contribution in [-0.4, -0.2) is 57.4 Å². The SMILES string of the molecule is O=C(c1ccncc1)N1C[C@@H]2CC[C@H](C1)N(C(=O)Cc1ccc(O)c(F)c1)C2. The van der Waals surface area contributed by atoms with Gasteiger partial charge in [-0.05, 0) is 48.6 Å². The summed E-state index contributed by atoms with van der Waals surface area (Å²) in [5.74, 6) is -1.01. The van der Waals surface area contributed by atoms with Crippen LogP contribution in [-0.2, 0) is 11.2 Å². The minimum atomic E-state index is -0.725. The summed E-state index contributed by atoms with van der Waals surface area (Å²) < 4.78 is 13.6. The Morgan fingerprint density at radius 1 is 1.11 bits per heavy atom. The van der Waals surface area contributed by atoms with Crippen LogP contribution in [0.1, 0.15) is 28.8 Å². The second kappa shape index (κ2) is 7.58. The highest BCUT2D eigenvalue weighted by atomic mass is 19.1. The molecule has 6 nitrogen and oxygen atoms in total. The number of amides is 2. The second-order valence-electron chi connectivity index (χ2n) is 7.55. The van der Waals surface area contributed by atoms with Gasteiger partial charge in [0.1, 0.15) is 0 Å². The Hall–Kier alpha value is -2.96. The van der Waals surface area contributed by atoms with Gasteiger partial charge < -0.3 is 14.9 Å². The van der Waals surface area contributed by atoms with Crippen molar-refractivity contribution in [3.05, 3.63) is 59.7 Å². The second-order valence-corrected chi connectivity index (χ2v) is 7.55. The fourth-order valence-electron chi connectivity index (χ4n) is 4.17. The predicted molar refractivity (Wildman–Crippen MR) is 100 cm³/mol. The van der Waals surface area contributed by atoms with Crippen LogP contribution in [0.2, 0.25) is 0 Å². The number of carbonyl (C=O) groups is 2. The average Bonchev–Trinajstić information content (AvgIpc) is 3.03. The molecule has 2 amide bonds. The van der Waals surface area contributed by atoms with E-state index >= 15 is 0 Å². The van der Waals surface area contributed by atoms with Crippen molar-refractivity contribution in [1.29, 1.82) is 0 Å². The largest absolute Gasteiger partial charge is 0.505 e. The van der Waals surface area contributed by atoms with E-state index in [-0.39, 0.29) is 30.2 Å². The van der Waals surface area contributed by atoms with E-state index in [1.165, 1.54) is 12.1 Å². The van der Waals surface area contributed by atoms with Crippen LogP contribution < -0.4 is 0 Å². The molecule has 28 heavy (non-hydrogen) atoms. The number of aromatic hydroxyl groups is 1. The number of phenolic OH excluding ortho intramolecular Hbond substituents is 1. The zero-order valence-electron chi connectivity index (χ0n) is 15.4. The van der Waals surface area contributed by atoms with Crippen molar-refractivity contribution in [2.75, 3.05) is 19.6 Å². The van der Waals surface area contributed by atoms with Crippen LogP contribution >= 0.6 is 0 Å². The molecule has 0 aliphatic carbocycles. The third-order valence-electron chi connectivity index (χ3n) is 5.62. The molecule has 2 aromatic rings. The van der Waals surface area contributed by atoms with Gasteiger partial charge in [-0.25, -0.2) is 4.39 Å². The lowest BCUT2D eigenvalue weighted by Gasteiger charge is -2.36. The average molecular weight is 383 g/mol. The van der Waals surface area contributed by atoms with E-state index in [1.54, 1.807) is 30.6 Å². The van der Waals surface area contributed by atoms with Gasteiger partial charge in [0.25, 0.3) is 5.91 Å². The summed E-state index contributed by atoms with van der Waals surface area (Å²) >= 11 is 0. The van der Waals surface area contributed by atoms with Crippen molar-refractivity contribution in [3.63, 3.8) is 0 Å². The minimum Gasteiger partial charge on any atom is -0.505 e. The van der Waals surface area contributed by atoms with Crippen LogP contribution in [0.4, 0.5) is 4.39 Å². The highest BCUT2D eigenvalue weighted by molar-refractivity contribution is 5.94. The summed E-state index contributed by atoms with van der Waals surface area (Å²) in [6.45, 7) is 1.76. The van der Waals surface area contributed by atoms with Gasteiger partial charge in [0.05, 0.1) is 6.42 Å². The zero-order chi connectivity index (χ0) is 19.7. The molecule has 0 unspecified atom stereocenters. The van der Waals surface area contributed by atoms with Crippen LogP contribution in [0.15, 0.2) is 42.7 Å². The lowest BCUT2D eigenvalue weighted by molar-refractivity contribution is -0.134. The first-order valence-electron chi connectivity index (χ1n) is 9.47. The van der Waals surface area contributed by atoms with Crippen LogP contribution in [0.3, 0.4) is 0 Å². The molecule has 3 aliphatic rings. The molecular formula is C21H22FN3O3.